The second kappa shape index (κ2) is 9.19. The van der Waals surface area contributed by atoms with E-state index in [1.54, 1.807) is 37.4 Å². The van der Waals surface area contributed by atoms with Crippen molar-refractivity contribution in [1.82, 2.24) is 9.78 Å². The summed E-state index contributed by atoms with van der Waals surface area (Å²) in [5.41, 5.74) is 1.71. The molecule has 0 unspecified atom stereocenters. The molecule has 6 nitrogen and oxygen atoms in total. The van der Waals surface area contributed by atoms with Crippen LogP contribution in [0.15, 0.2) is 47.5 Å². The number of aromatic nitrogens is 2. The number of hydrogen-bond donors (Lipinski definition) is 0. The van der Waals surface area contributed by atoms with Crippen molar-refractivity contribution >= 4 is 26.6 Å². The van der Waals surface area contributed by atoms with E-state index in [9.17, 15) is 12.8 Å². The van der Waals surface area contributed by atoms with E-state index < -0.39 is 15.8 Å². The lowest BCUT2D eigenvalue weighted by atomic mass is 10.0. The van der Waals surface area contributed by atoms with Gasteiger partial charge in [-0.2, -0.15) is 5.10 Å². The molecule has 2 heterocycles. The van der Waals surface area contributed by atoms with Crippen molar-refractivity contribution in [2.24, 2.45) is 11.8 Å². The van der Waals surface area contributed by atoms with Gasteiger partial charge in [0.1, 0.15) is 5.82 Å². The number of aryl methyl sites for hydroxylation is 1. The van der Waals surface area contributed by atoms with Gasteiger partial charge in [0.05, 0.1) is 22.3 Å². The Morgan fingerprint density at radius 3 is 2.62 bits per heavy atom. The van der Waals surface area contributed by atoms with E-state index in [1.807, 2.05) is 18.5 Å². The topological polar surface area (TPSA) is 64.4 Å². The molecule has 0 saturated carbocycles. The highest BCUT2D eigenvalue weighted by atomic mass is 32.2. The number of halogens is 1. The van der Waals surface area contributed by atoms with E-state index in [0.29, 0.717) is 5.92 Å². The van der Waals surface area contributed by atoms with Crippen molar-refractivity contribution in [2.45, 2.75) is 45.1 Å². The first-order valence-electron chi connectivity index (χ1n) is 11.1. The Balaban J connectivity index is 1.68. The Morgan fingerprint density at radius 2 is 1.94 bits per heavy atom. The van der Waals surface area contributed by atoms with E-state index >= 15 is 0 Å². The van der Waals surface area contributed by atoms with E-state index in [2.05, 4.69) is 5.10 Å². The fourth-order valence-electron chi connectivity index (χ4n) is 4.14. The van der Waals surface area contributed by atoms with Crippen molar-refractivity contribution in [1.29, 1.82) is 0 Å². The quantitative estimate of drug-likeness (QED) is 0.511. The van der Waals surface area contributed by atoms with Gasteiger partial charge in [-0.3, -0.25) is 8.99 Å². The smallest absolute Gasteiger partial charge is 0.264 e. The molecular formula is C24H30FN3O3S. The third-order valence-corrected chi connectivity index (χ3v) is 7.65. The van der Waals surface area contributed by atoms with Crippen molar-refractivity contribution in [3.8, 4) is 0 Å². The van der Waals surface area contributed by atoms with Crippen LogP contribution in [-0.4, -0.2) is 38.0 Å². The summed E-state index contributed by atoms with van der Waals surface area (Å²) in [7, 11) is -3.95. The maximum absolute atomic E-state index is 14.7. The molecule has 0 radical (unpaired) electrons. The SMILES string of the molecule is Cc1ccc(N(CC(C)C)S(=O)(=O)c2ccc3c(cnn3CC3CCOCC3)c2)c(F)c1. The Kier molecular flexibility index (Phi) is 6.53. The lowest BCUT2D eigenvalue weighted by Gasteiger charge is -2.27. The summed E-state index contributed by atoms with van der Waals surface area (Å²) < 4.78 is 50.5. The van der Waals surface area contributed by atoms with Crippen LogP contribution < -0.4 is 4.31 Å². The minimum absolute atomic E-state index is 0.0245. The summed E-state index contributed by atoms with van der Waals surface area (Å²) in [4.78, 5) is 0.135. The molecule has 4 rings (SSSR count). The molecule has 0 amide bonds. The zero-order valence-electron chi connectivity index (χ0n) is 18.8. The summed E-state index contributed by atoms with van der Waals surface area (Å²) in [5.74, 6) is -0.0164. The van der Waals surface area contributed by atoms with Gasteiger partial charge in [0, 0.05) is 31.7 Å². The maximum atomic E-state index is 14.7. The third-order valence-electron chi connectivity index (χ3n) is 5.88. The highest BCUT2D eigenvalue weighted by molar-refractivity contribution is 7.92. The largest absolute Gasteiger partial charge is 0.381 e. The molecule has 1 fully saturated rings. The second-order valence-electron chi connectivity index (χ2n) is 8.99. The minimum atomic E-state index is -3.95. The molecule has 1 aromatic heterocycles. The summed E-state index contributed by atoms with van der Waals surface area (Å²) in [6.45, 7) is 8.12. The van der Waals surface area contributed by atoms with Crippen molar-refractivity contribution in [2.75, 3.05) is 24.1 Å². The highest BCUT2D eigenvalue weighted by Gasteiger charge is 2.28. The number of ether oxygens (including phenoxy) is 1. The van der Waals surface area contributed by atoms with Gasteiger partial charge in [0.2, 0.25) is 0 Å². The van der Waals surface area contributed by atoms with Gasteiger partial charge in [0.15, 0.2) is 0 Å². The molecule has 0 aliphatic carbocycles. The van der Waals surface area contributed by atoms with Gasteiger partial charge < -0.3 is 4.74 Å². The monoisotopic (exact) mass is 459 g/mol. The number of rotatable bonds is 7. The molecule has 3 aromatic rings. The fourth-order valence-corrected chi connectivity index (χ4v) is 5.82. The summed E-state index contributed by atoms with van der Waals surface area (Å²) in [5, 5.41) is 5.25. The van der Waals surface area contributed by atoms with Gasteiger partial charge in [-0.05, 0) is 67.5 Å². The second-order valence-corrected chi connectivity index (χ2v) is 10.9. The zero-order chi connectivity index (χ0) is 22.9. The first kappa shape index (κ1) is 22.7. The predicted octanol–water partition coefficient (Wildman–Crippen LogP) is 4.76. The summed E-state index contributed by atoms with van der Waals surface area (Å²) in [6.07, 6.45) is 3.70. The zero-order valence-corrected chi connectivity index (χ0v) is 19.6. The predicted molar refractivity (Wildman–Crippen MR) is 124 cm³/mol. The van der Waals surface area contributed by atoms with Gasteiger partial charge in [-0.1, -0.05) is 19.9 Å². The fraction of sp³-hybridized carbons (Fsp3) is 0.458. The molecule has 0 spiro atoms. The molecule has 0 bridgehead atoms. The number of hydrogen-bond acceptors (Lipinski definition) is 4. The lowest BCUT2D eigenvalue weighted by molar-refractivity contribution is 0.0605. The Hall–Kier alpha value is -2.45. The lowest BCUT2D eigenvalue weighted by Crippen LogP contribution is -2.35. The first-order chi connectivity index (χ1) is 15.3. The normalized spacial score (nSPS) is 15.5. The molecule has 2 aromatic carbocycles. The average molecular weight is 460 g/mol. The molecule has 8 heteroatoms. The van der Waals surface area contributed by atoms with Crippen LogP contribution in [0.25, 0.3) is 10.9 Å². The molecule has 32 heavy (non-hydrogen) atoms. The van der Waals surface area contributed by atoms with Gasteiger partial charge >= 0.3 is 0 Å². The first-order valence-corrected chi connectivity index (χ1v) is 12.5. The van der Waals surface area contributed by atoms with Crippen molar-refractivity contribution in [3.05, 3.63) is 54.0 Å². The standard InChI is InChI=1S/C24H30FN3O3S/c1-17(2)15-28(24-6-4-18(3)12-22(24)25)32(29,30)21-5-7-23-20(13-21)14-26-27(23)16-19-8-10-31-11-9-19/h4-7,12-14,17,19H,8-11,15-16H2,1-3H3. The number of sulfonamides is 1. The molecule has 0 N–H and O–H groups in total. The molecular weight excluding hydrogens is 429 g/mol. The van der Waals surface area contributed by atoms with Crippen molar-refractivity contribution < 1.29 is 17.5 Å². The Bertz CT molecular complexity index is 1200. The number of anilines is 1. The van der Waals surface area contributed by atoms with E-state index in [4.69, 9.17) is 4.74 Å². The van der Waals surface area contributed by atoms with Crippen LogP contribution in [0, 0.1) is 24.6 Å². The number of fused-ring (bicyclic) bond motifs is 1. The Morgan fingerprint density at radius 1 is 1.19 bits per heavy atom. The number of nitrogens with zero attached hydrogens (tertiary/aromatic N) is 3. The van der Waals surface area contributed by atoms with E-state index in [0.717, 1.165) is 49.1 Å². The molecule has 1 saturated heterocycles. The Labute approximate surface area is 189 Å². The molecule has 1 aliphatic heterocycles. The molecule has 172 valence electrons. The van der Waals surface area contributed by atoms with Crippen LogP contribution >= 0.6 is 0 Å². The minimum Gasteiger partial charge on any atom is -0.381 e. The number of benzene rings is 2. The third kappa shape index (κ3) is 4.66. The summed E-state index contributed by atoms with van der Waals surface area (Å²) in [6, 6.07) is 9.66. The van der Waals surface area contributed by atoms with Gasteiger partial charge in [-0.15, -0.1) is 0 Å². The average Bonchev–Trinajstić information content (AvgIpc) is 3.15. The van der Waals surface area contributed by atoms with Crippen LogP contribution in [0.1, 0.15) is 32.3 Å². The molecule has 1 aliphatic rings. The van der Waals surface area contributed by atoms with Gasteiger partial charge in [0.25, 0.3) is 10.0 Å². The van der Waals surface area contributed by atoms with Crippen LogP contribution in [0.4, 0.5) is 10.1 Å². The van der Waals surface area contributed by atoms with Gasteiger partial charge in [-0.25, -0.2) is 12.8 Å². The van der Waals surface area contributed by atoms with Crippen LogP contribution in [0.3, 0.4) is 0 Å². The summed E-state index contributed by atoms with van der Waals surface area (Å²) >= 11 is 0. The van der Waals surface area contributed by atoms with Crippen LogP contribution in [-0.2, 0) is 21.3 Å². The van der Waals surface area contributed by atoms with E-state index in [-0.39, 0.29) is 23.0 Å². The highest BCUT2D eigenvalue weighted by Crippen LogP contribution is 2.30. The van der Waals surface area contributed by atoms with Crippen LogP contribution in [0.5, 0.6) is 0 Å². The maximum Gasteiger partial charge on any atom is 0.264 e. The van der Waals surface area contributed by atoms with Crippen molar-refractivity contribution in [3.63, 3.8) is 0 Å². The molecule has 0 atom stereocenters. The van der Waals surface area contributed by atoms with Crippen LogP contribution in [0.2, 0.25) is 0 Å². The van der Waals surface area contributed by atoms with E-state index in [1.165, 1.54) is 16.4 Å².